The van der Waals surface area contributed by atoms with Gasteiger partial charge in [-0.1, -0.05) is 34.1 Å². The Bertz CT molecular complexity index is 417. The summed E-state index contributed by atoms with van der Waals surface area (Å²) in [7, 11) is 0. The van der Waals surface area contributed by atoms with Gasteiger partial charge in [0.15, 0.2) is 0 Å². The summed E-state index contributed by atoms with van der Waals surface area (Å²) in [6.07, 6.45) is 3.24. The van der Waals surface area contributed by atoms with E-state index in [1.165, 1.54) is 22.7 Å². The Morgan fingerprint density at radius 3 is 2.43 bits per heavy atom. The second kappa shape index (κ2) is 8.25. The van der Waals surface area contributed by atoms with Crippen LogP contribution in [0.3, 0.4) is 0 Å². The lowest BCUT2D eigenvalue weighted by Crippen LogP contribution is -2.26. The van der Waals surface area contributed by atoms with E-state index in [-0.39, 0.29) is 12.0 Å². The molecule has 0 fully saturated rings. The van der Waals surface area contributed by atoms with Crippen LogP contribution in [0.15, 0.2) is 0 Å². The Hall–Kier alpha value is -0.450. The molecule has 21 heavy (non-hydrogen) atoms. The van der Waals surface area contributed by atoms with Crippen molar-refractivity contribution in [2.75, 3.05) is 13.2 Å². The maximum atomic E-state index is 9.15. The summed E-state index contributed by atoms with van der Waals surface area (Å²) in [6, 6.07) is 0.330. The number of rotatable bonds is 8. The molecule has 0 aliphatic heterocycles. The Balaban J connectivity index is 2.67. The second-order valence-corrected chi connectivity index (χ2v) is 8.05. The Morgan fingerprint density at radius 2 is 1.95 bits per heavy atom. The smallest absolute Gasteiger partial charge is 0.0985 e. The van der Waals surface area contributed by atoms with Crippen molar-refractivity contribution in [1.29, 1.82) is 0 Å². The maximum absolute atomic E-state index is 9.15. The van der Waals surface area contributed by atoms with Crippen molar-refractivity contribution in [3.63, 3.8) is 0 Å². The van der Waals surface area contributed by atoms with Gasteiger partial charge in [0.25, 0.3) is 0 Å². The SMILES string of the molecule is CCCC(CCO)CNC(C)c1sc(C(C)(C)C)nc1C. The summed E-state index contributed by atoms with van der Waals surface area (Å²) in [5.41, 5.74) is 1.27. The largest absolute Gasteiger partial charge is 0.396 e. The van der Waals surface area contributed by atoms with Gasteiger partial charge in [-0.25, -0.2) is 4.98 Å². The molecule has 0 aliphatic carbocycles. The number of hydrogen-bond donors (Lipinski definition) is 2. The van der Waals surface area contributed by atoms with Crippen LogP contribution in [0, 0.1) is 12.8 Å². The van der Waals surface area contributed by atoms with Gasteiger partial charge in [0.2, 0.25) is 0 Å². The highest BCUT2D eigenvalue weighted by Gasteiger charge is 2.22. The predicted octanol–water partition coefficient (Wildman–Crippen LogP) is 4.20. The van der Waals surface area contributed by atoms with Crippen LogP contribution in [-0.2, 0) is 5.41 Å². The Morgan fingerprint density at radius 1 is 1.29 bits per heavy atom. The molecule has 0 saturated heterocycles. The van der Waals surface area contributed by atoms with Gasteiger partial charge in [-0.3, -0.25) is 0 Å². The topological polar surface area (TPSA) is 45.1 Å². The molecule has 0 radical (unpaired) electrons. The lowest BCUT2D eigenvalue weighted by Gasteiger charge is -2.19. The Kier molecular flexibility index (Phi) is 7.31. The molecular weight excluding hydrogens is 280 g/mol. The minimum Gasteiger partial charge on any atom is -0.396 e. The highest BCUT2D eigenvalue weighted by Crippen LogP contribution is 2.32. The van der Waals surface area contributed by atoms with Crippen molar-refractivity contribution in [2.24, 2.45) is 5.92 Å². The molecule has 2 atom stereocenters. The van der Waals surface area contributed by atoms with Crippen molar-refractivity contribution in [1.82, 2.24) is 10.3 Å². The number of nitrogens with one attached hydrogen (secondary N) is 1. The lowest BCUT2D eigenvalue weighted by molar-refractivity contribution is 0.246. The summed E-state index contributed by atoms with van der Waals surface area (Å²) in [5.74, 6) is 0.567. The average molecular weight is 313 g/mol. The molecule has 0 saturated carbocycles. The van der Waals surface area contributed by atoms with Crippen LogP contribution in [0.4, 0.5) is 0 Å². The van der Waals surface area contributed by atoms with Crippen molar-refractivity contribution in [3.05, 3.63) is 15.6 Å². The summed E-state index contributed by atoms with van der Waals surface area (Å²) >= 11 is 1.83. The summed E-state index contributed by atoms with van der Waals surface area (Å²) < 4.78 is 0. The van der Waals surface area contributed by atoms with Crippen LogP contribution >= 0.6 is 11.3 Å². The third-order valence-electron chi connectivity index (χ3n) is 3.81. The summed E-state index contributed by atoms with van der Waals surface area (Å²) in [5, 5.41) is 14.0. The molecule has 0 amide bonds. The van der Waals surface area contributed by atoms with Crippen LogP contribution in [-0.4, -0.2) is 23.2 Å². The van der Waals surface area contributed by atoms with Gasteiger partial charge in [0, 0.05) is 22.9 Å². The van der Waals surface area contributed by atoms with Gasteiger partial charge in [-0.15, -0.1) is 11.3 Å². The fraction of sp³-hybridized carbons (Fsp3) is 0.824. The predicted molar refractivity (Wildman–Crippen MR) is 92.1 cm³/mol. The zero-order valence-electron chi connectivity index (χ0n) is 14.5. The molecule has 0 bridgehead atoms. The van der Waals surface area contributed by atoms with Gasteiger partial charge in [-0.2, -0.15) is 0 Å². The second-order valence-electron chi connectivity index (χ2n) is 7.02. The van der Waals surface area contributed by atoms with Crippen LogP contribution in [0.2, 0.25) is 0 Å². The van der Waals surface area contributed by atoms with Crippen molar-refractivity contribution < 1.29 is 5.11 Å². The van der Waals surface area contributed by atoms with Crippen LogP contribution < -0.4 is 5.32 Å². The third-order valence-corrected chi connectivity index (χ3v) is 5.58. The number of hydrogen-bond acceptors (Lipinski definition) is 4. The number of aryl methyl sites for hydroxylation is 1. The van der Waals surface area contributed by atoms with Crippen molar-refractivity contribution in [2.45, 2.75) is 72.3 Å². The van der Waals surface area contributed by atoms with E-state index in [1.807, 2.05) is 11.3 Å². The molecule has 3 nitrogen and oxygen atoms in total. The minimum absolute atomic E-state index is 0.120. The molecule has 1 aromatic heterocycles. The van der Waals surface area contributed by atoms with Crippen molar-refractivity contribution >= 4 is 11.3 Å². The molecular formula is C17H32N2OS. The van der Waals surface area contributed by atoms with Gasteiger partial charge in [-0.05, 0) is 39.2 Å². The first-order valence-corrected chi connectivity index (χ1v) is 8.93. The molecule has 1 aromatic rings. The maximum Gasteiger partial charge on any atom is 0.0985 e. The third kappa shape index (κ3) is 5.68. The van der Waals surface area contributed by atoms with E-state index in [4.69, 9.17) is 10.1 Å². The zero-order valence-corrected chi connectivity index (χ0v) is 15.3. The first kappa shape index (κ1) is 18.6. The van der Waals surface area contributed by atoms with Gasteiger partial charge in [0.1, 0.15) is 0 Å². The average Bonchev–Trinajstić information content (AvgIpc) is 2.78. The molecule has 2 N–H and O–H groups in total. The number of aromatic nitrogens is 1. The number of aliphatic hydroxyl groups excluding tert-OH is 1. The van der Waals surface area contributed by atoms with Gasteiger partial charge >= 0.3 is 0 Å². The minimum atomic E-state index is 0.120. The monoisotopic (exact) mass is 312 g/mol. The van der Waals surface area contributed by atoms with Crippen LogP contribution in [0.25, 0.3) is 0 Å². The molecule has 0 spiro atoms. The molecule has 1 rings (SSSR count). The zero-order chi connectivity index (χ0) is 16.0. The summed E-state index contributed by atoms with van der Waals surface area (Å²) in [6.45, 7) is 14.4. The van der Waals surface area contributed by atoms with E-state index in [0.29, 0.717) is 12.0 Å². The van der Waals surface area contributed by atoms with Crippen molar-refractivity contribution in [3.8, 4) is 0 Å². The first-order valence-electron chi connectivity index (χ1n) is 8.11. The van der Waals surface area contributed by atoms with E-state index in [1.54, 1.807) is 0 Å². The molecule has 122 valence electrons. The standard InChI is InChI=1S/C17H32N2OS/c1-7-8-14(9-10-20)11-18-12(2)15-13(3)19-16(21-15)17(4,5)6/h12,14,18,20H,7-11H2,1-6H3. The van der Waals surface area contributed by atoms with Crippen LogP contribution in [0.1, 0.15) is 75.5 Å². The summed E-state index contributed by atoms with van der Waals surface area (Å²) in [4.78, 5) is 6.09. The van der Waals surface area contributed by atoms with Gasteiger partial charge < -0.3 is 10.4 Å². The van der Waals surface area contributed by atoms with E-state index in [9.17, 15) is 0 Å². The van der Waals surface area contributed by atoms with E-state index < -0.39 is 0 Å². The van der Waals surface area contributed by atoms with E-state index in [2.05, 4.69) is 46.9 Å². The molecule has 0 aliphatic rings. The number of aliphatic hydroxyl groups is 1. The quantitative estimate of drug-likeness (QED) is 0.756. The fourth-order valence-electron chi connectivity index (χ4n) is 2.51. The molecule has 2 unspecified atom stereocenters. The normalized spacial score (nSPS) is 15.2. The number of thiazole rings is 1. The number of nitrogens with zero attached hydrogens (tertiary/aromatic N) is 1. The molecule has 1 heterocycles. The fourth-order valence-corrected chi connectivity index (χ4v) is 3.66. The van der Waals surface area contributed by atoms with Crippen LogP contribution in [0.5, 0.6) is 0 Å². The Labute approximate surface area is 134 Å². The highest BCUT2D eigenvalue weighted by molar-refractivity contribution is 7.12. The lowest BCUT2D eigenvalue weighted by atomic mass is 9.98. The molecule has 0 aromatic carbocycles. The van der Waals surface area contributed by atoms with E-state index in [0.717, 1.165) is 18.7 Å². The first-order chi connectivity index (χ1) is 9.79. The molecule has 4 heteroatoms. The highest BCUT2D eigenvalue weighted by atomic mass is 32.1. The van der Waals surface area contributed by atoms with E-state index >= 15 is 0 Å². The van der Waals surface area contributed by atoms with Gasteiger partial charge in [0.05, 0.1) is 10.7 Å².